The van der Waals surface area contributed by atoms with E-state index in [9.17, 15) is 9.59 Å². The third kappa shape index (κ3) is 3.75. The first-order valence-corrected chi connectivity index (χ1v) is 3.84. The molecule has 3 heteroatoms. The second-order valence-electron chi connectivity index (χ2n) is 2.75. The lowest BCUT2D eigenvalue weighted by Crippen LogP contribution is -2.39. The molecule has 0 aromatic heterocycles. The zero-order valence-electron chi connectivity index (χ0n) is 7.26. The molecule has 0 bridgehead atoms. The van der Waals surface area contributed by atoms with Crippen LogP contribution in [-0.2, 0) is 9.59 Å². The summed E-state index contributed by atoms with van der Waals surface area (Å²) in [6.45, 7) is 5.34. The number of nitrogens with one attached hydrogen (secondary N) is 1. The van der Waals surface area contributed by atoms with Crippen molar-refractivity contribution in [3.63, 3.8) is 0 Å². The van der Waals surface area contributed by atoms with Crippen molar-refractivity contribution in [3.05, 3.63) is 0 Å². The summed E-state index contributed by atoms with van der Waals surface area (Å²) in [5, 5.41) is 2.57. The van der Waals surface area contributed by atoms with Crippen molar-refractivity contribution in [3.8, 4) is 0 Å². The molecule has 0 aliphatic heterocycles. The highest BCUT2D eigenvalue weighted by Crippen LogP contribution is 2.04. The summed E-state index contributed by atoms with van der Waals surface area (Å²) in [6.07, 6.45) is 1.68. The van der Waals surface area contributed by atoms with Crippen molar-refractivity contribution < 1.29 is 9.59 Å². The highest BCUT2D eigenvalue weighted by atomic mass is 16.2. The first-order valence-electron chi connectivity index (χ1n) is 3.84. The van der Waals surface area contributed by atoms with E-state index in [0.29, 0.717) is 0 Å². The van der Waals surface area contributed by atoms with Gasteiger partial charge in [-0.25, -0.2) is 0 Å². The van der Waals surface area contributed by atoms with E-state index in [0.717, 1.165) is 12.7 Å². The summed E-state index contributed by atoms with van der Waals surface area (Å²) in [5.41, 5.74) is 0. The van der Waals surface area contributed by atoms with Crippen molar-refractivity contribution in [2.75, 3.05) is 0 Å². The van der Waals surface area contributed by atoms with Crippen LogP contribution in [0.4, 0.5) is 0 Å². The molecule has 64 valence electrons. The Labute approximate surface area is 67.2 Å². The lowest BCUT2D eigenvalue weighted by atomic mass is 10.0. The van der Waals surface area contributed by atoms with Crippen molar-refractivity contribution >= 4 is 12.2 Å². The monoisotopic (exact) mass is 157 g/mol. The van der Waals surface area contributed by atoms with Crippen LogP contribution in [0, 0.1) is 5.92 Å². The molecule has 0 aliphatic rings. The largest absolute Gasteiger partial charge is 0.347 e. The van der Waals surface area contributed by atoms with Gasteiger partial charge in [0.1, 0.15) is 6.29 Å². The zero-order chi connectivity index (χ0) is 8.85. The van der Waals surface area contributed by atoms with E-state index in [1.807, 2.05) is 13.8 Å². The standard InChI is InChI=1S/C8H15NO2/c1-4-6(2)8(5-10)9-7(3)11/h5-6,8H,4H2,1-3H3,(H,9,11)/t6-,8+/m0/s1. The number of rotatable bonds is 4. The van der Waals surface area contributed by atoms with Crippen LogP contribution in [0.5, 0.6) is 0 Å². The summed E-state index contributed by atoms with van der Waals surface area (Å²) in [7, 11) is 0. The van der Waals surface area contributed by atoms with Crippen LogP contribution in [0.2, 0.25) is 0 Å². The minimum atomic E-state index is -0.322. The molecule has 0 unspecified atom stereocenters. The predicted molar refractivity (Wildman–Crippen MR) is 43.1 cm³/mol. The number of carbonyl (C=O) groups excluding carboxylic acids is 2. The lowest BCUT2D eigenvalue weighted by molar-refractivity contribution is -0.122. The van der Waals surface area contributed by atoms with Gasteiger partial charge in [-0.3, -0.25) is 4.79 Å². The fraction of sp³-hybridized carbons (Fsp3) is 0.750. The minimum Gasteiger partial charge on any atom is -0.347 e. The average molecular weight is 157 g/mol. The lowest BCUT2D eigenvalue weighted by Gasteiger charge is -2.16. The molecular weight excluding hydrogens is 142 g/mol. The summed E-state index contributed by atoms with van der Waals surface area (Å²) in [4.78, 5) is 21.0. The van der Waals surface area contributed by atoms with Crippen LogP contribution < -0.4 is 5.32 Å². The van der Waals surface area contributed by atoms with Crippen molar-refractivity contribution in [1.82, 2.24) is 5.32 Å². The van der Waals surface area contributed by atoms with Gasteiger partial charge in [0.05, 0.1) is 6.04 Å². The molecule has 0 fully saturated rings. The molecule has 0 aromatic rings. The Hall–Kier alpha value is -0.860. The van der Waals surface area contributed by atoms with E-state index in [4.69, 9.17) is 0 Å². The van der Waals surface area contributed by atoms with Crippen LogP contribution in [-0.4, -0.2) is 18.2 Å². The second-order valence-corrected chi connectivity index (χ2v) is 2.75. The fourth-order valence-corrected chi connectivity index (χ4v) is 0.799. The maximum atomic E-state index is 10.6. The van der Waals surface area contributed by atoms with Crippen LogP contribution in [0.15, 0.2) is 0 Å². The second kappa shape index (κ2) is 4.88. The molecule has 0 rings (SSSR count). The number of carbonyl (C=O) groups is 2. The first-order chi connectivity index (χ1) is 5.11. The van der Waals surface area contributed by atoms with Gasteiger partial charge in [0.15, 0.2) is 0 Å². The molecule has 11 heavy (non-hydrogen) atoms. The van der Waals surface area contributed by atoms with Gasteiger partial charge in [-0.1, -0.05) is 20.3 Å². The van der Waals surface area contributed by atoms with Crippen molar-refractivity contribution in [2.24, 2.45) is 5.92 Å². The highest BCUT2D eigenvalue weighted by molar-refractivity contribution is 5.77. The van der Waals surface area contributed by atoms with Crippen molar-refractivity contribution in [2.45, 2.75) is 33.2 Å². The van der Waals surface area contributed by atoms with Gasteiger partial charge in [0, 0.05) is 6.92 Å². The predicted octanol–water partition coefficient (Wildman–Crippen LogP) is 0.736. The van der Waals surface area contributed by atoms with Gasteiger partial charge in [0.2, 0.25) is 5.91 Å². The van der Waals surface area contributed by atoms with Crippen LogP contribution in [0.1, 0.15) is 27.2 Å². The van der Waals surface area contributed by atoms with Crippen molar-refractivity contribution in [1.29, 1.82) is 0 Å². The van der Waals surface area contributed by atoms with E-state index >= 15 is 0 Å². The van der Waals surface area contributed by atoms with Crippen LogP contribution in [0.25, 0.3) is 0 Å². The van der Waals surface area contributed by atoms with E-state index in [1.165, 1.54) is 6.92 Å². The summed E-state index contributed by atoms with van der Waals surface area (Å²) in [5.74, 6) is 0.0683. The fourth-order valence-electron chi connectivity index (χ4n) is 0.799. The maximum absolute atomic E-state index is 10.6. The van der Waals surface area contributed by atoms with E-state index in [-0.39, 0.29) is 17.9 Å². The molecule has 3 nitrogen and oxygen atoms in total. The van der Waals surface area contributed by atoms with Crippen LogP contribution in [0.3, 0.4) is 0 Å². The Morgan fingerprint density at radius 1 is 1.64 bits per heavy atom. The molecule has 0 radical (unpaired) electrons. The Bertz CT molecular complexity index is 145. The third-order valence-corrected chi connectivity index (χ3v) is 1.77. The Morgan fingerprint density at radius 3 is 2.45 bits per heavy atom. The third-order valence-electron chi connectivity index (χ3n) is 1.77. The smallest absolute Gasteiger partial charge is 0.217 e. The van der Waals surface area contributed by atoms with Gasteiger partial charge in [-0.05, 0) is 5.92 Å². The number of hydrogen-bond donors (Lipinski definition) is 1. The molecule has 1 N–H and O–H groups in total. The number of amides is 1. The number of hydrogen-bond acceptors (Lipinski definition) is 2. The molecule has 0 saturated carbocycles. The first kappa shape index (κ1) is 10.1. The maximum Gasteiger partial charge on any atom is 0.217 e. The molecular formula is C8H15NO2. The summed E-state index contributed by atoms with van der Waals surface area (Å²) < 4.78 is 0. The Balaban J connectivity index is 3.94. The summed E-state index contributed by atoms with van der Waals surface area (Å²) >= 11 is 0. The van der Waals surface area contributed by atoms with Gasteiger partial charge < -0.3 is 10.1 Å². The number of aldehydes is 1. The van der Waals surface area contributed by atoms with Gasteiger partial charge >= 0.3 is 0 Å². The molecule has 0 aliphatic carbocycles. The molecule has 1 amide bonds. The normalized spacial score (nSPS) is 15.2. The van der Waals surface area contributed by atoms with E-state index in [1.54, 1.807) is 0 Å². The average Bonchev–Trinajstić information content (AvgIpc) is 1.98. The Kier molecular flexibility index (Phi) is 4.50. The Morgan fingerprint density at radius 2 is 2.18 bits per heavy atom. The quantitative estimate of drug-likeness (QED) is 0.612. The SMILES string of the molecule is CC[C@H](C)[C@@H](C=O)NC(C)=O. The van der Waals surface area contributed by atoms with E-state index < -0.39 is 0 Å². The van der Waals surface area contributed by atoms with Crippen LogP contribution >= 0.6 is 0 Å². The molecule has 0 aromatic carbocycles. The highest BCUT2D eigenvalue weighted by Gasteiger charge is 2.14. The molecule has 0 heterocycles. The van der Waals surface area contributed by atoms with Gasteiger partial charge in [-0.15, -0.1) is 0 Å². The van der Waals surface area contributed by atoms with Gasteiger partial charge in [-0.2, -0.15) is 0 Å². The summed E-state index contributed by atoms with van der Waals surface area (Å²) in [6, 6.07) is -0.322. The molecule has 0 saturated heterocycles. The molecule has 0 spiro atoms. The zero-order valence-corrected chi connectivity index (χ0v) is 7.26. The topological polar surface area (TPSA) is 46.2 Å². The van der Waals surface area contributed by atoms with E-state index in [2.05, 4.69) is 5.32 Å². The molecule has 2 atom stereocenters. The minimum absolute atomic E-state index is 0.151. The van der Waals surface area contributed by atoms with Gasteiger partial charge in [0.25, 0.3) is 0 Å².